The average Bonchev–Trinajstić information content (AvgIpc) is 2.95. The summed E-state index contributed by atoms with van der Waals surface area (Å²) in [6.07, 6.45) is 0. The zero-order valence-electron chi connectivity index (χ0n) is 13.1. The zero-order chi connectivity index (χ0) is 16.8. The van der Waals surface area contributed by atoms with Gasteiger partial charge in [0, 0.05) is 17.8 Å². The van der Waals surface area contributed by atoms with E-state index in [-0.39, 0.29) is 16.9 Å². The predicted molar refractivity (Wildman–Crippen MR) is 94.5 cm³/mol. The van der Waals surface area contributed by atoms with E-state index >= 15 is 0 Å². The van der Waals surface area contributed by atoms with Crippen molar-refractivity contribution in [3.63, 3.8) is 0 Å². The zero-order valence-corrected chi connectivity index (χ0v) is 14.8. The van der Waals surface area contributed by atoms with Gasteiger partial charge < -0.3 is 10.6 Å². The first-order valence-corrected chi connectivity index (χ1v) is 8.85. The number of thioether (sulfide) groups is 1. The second-order valence-electron chi connectivity index (χ2n) is 4.79. The summed E-state index contributed by atoms with van der Waals surface area (Å²) in [6.45, 7) is 6.07. The van der Waals surface area contributed by atoms with E-state index in [1.54, 1.807) is 24.3 Å². The molecule has 1 aromatic carbocycles. The molecule has 0 bridgehead atoms. The van der Waals surface area contributed by atoms with Crippen LogP contribution in [0.2, 0.25) is 0 Å². The molecule has 0 aliphatic rings. The van der Waals surface area contributed by atoms with E-state index in [0.29, 0.717) is 11.3 Å². The first kappa shape index (κ1) is 17.4. The normalized spacial score (nSPS) is 11.8. The smallest absolute Gasteiger partial charge is 0.237 e. The molecule has 2 aromatic rings. The molecule has 1 amide bonds. The van der Waals surface area contributed by atoms with Gasteiger partial charge in [0.15, 0.2) is 10.1 Å². The maximum absolute atomic E-state index is 12.3. The number of nitrogens with one attached hydrogen (secondary N) is 2. The third kappa shape index (κ3) is 5.04. The van der Waals surface area contributed by atoms with Gasteiger partial charge >= 0.3 is 0 Å². The highest BCUT2D eigenvalue weighted by Gasteiger charge is 2.17. The number of rotatable bonds is 7. The van der Waals surface area contributed by atoms with Crippen LogP contribution in [0.15, 0.2) is 28.6 Å². The number of aromatic nitrogens is 2. The molecule has 0 unspecified atom stereocenters. The van der Waals surface area contributed by atoms with E-state index in [1.165, 1.54) is 30.0 Å². The maximum atomic E-state index is 12.3. The maximum Gasteiger partial charge on any atom is 0.237 e. The van der Waals surface area contributed by atoms with Crippen molar-refractivity contribution in [3.8, 4) is 0 Å². The molecule has 0 fully saturated rings. The number of benzene rings is 1. The minimum absolute atomic E-state index is 0.0339. The van der Waals surface area contributed by atoms with Gasteiger partial charge in [-0.1, -0.05) is 35.2 Å². The van der Waals surface area contributed by atoms with E-state index < -0.39 is 0 Å². The van der Waals surface area contributed by atoms with Crippen molar-refractivity contribution >= 4 is 45.6 Å². The molecule has 1 heterocycles. The highest BCUT2D eigenvalue weighted by atomic mass is 32.2. The molecule has 6 nitrogen and oxygen atoms in total. The number of carbonyl (C=O) groups excluding carboxylic acids is 2. The summed E-state index contributed by atoms with van der Waals surface area (Å²) in [5, 5.41) is 14.4. The van der Waals surface area contributed by atoms with Crippen molar-refractivity contribution < 1.29 is 9.59 Å². The van der Waals surface area contributed by atoms with E-state index in [4.69, 9.17) is 0 Å². The van der Waals surface area contributed by atoms with Gasteiger partial charge in [-0.3, -0.25) is 9.59 Å². The van der Waals surface area contributed by atoms with Gasteiger partial charge in [-0.25, -0.2) is 0 Å². The van der Waals surface area contributed by atoms with Crippen LogP contribution >= 0.6 is 23.1 Å². The Morgan fingerprint density at radius 2 is 2.13 bits per heavy atom. The fourth-order valence-corrected chi connectivity index (χ4v) is 3.71. The summed E-state index contributed by atoms with van der Waals surface area (Å²) in [6, 6.07) is 6.90. The average molecular weight is 350 g/mol. The highest BCUT2D eigenvalue weighted by molar-refractivity contribution is 8.02. The van der Waals surface area contributed by atoms with Crippen LogP contribution in [-0.4, -0.2) is 33.7 Å². The molecule has 122 valence electrons. The van der Waals surface area contributed by atoms with E-state index in [2.05, 4.69) is 20.8 Å². The molecular formula is C15H18N4O2S2. The molecule has 0 saturated heterocycles. The largest absolute Gasteiger partial charge is 0.360 e. The molecule has 1 aromatic heterocycles. The Kier molecular flexibility index (Phi) is 6.12. The Labute approximate surface area is 143 Å². The lowest BCUT2D eigenvalue weighted by molar-refractivity contribution is -0.115. The number of Topliss-reactive ketones (excluding diaryl/α,β-unsaturated/α-hetero) is 1. The minimum Gasteiger partial charge on any atom is -0.360 e. The van der Waals surface area contributed by atoms with Gasteiger partial charge in [0.1, 0.15) is 0 Å². The molecule has 1 atom stereocenters. The fraction of sp³-hybridized carbons (Fsp3) is 0.333. The van der Waals surface area contributed by atoms with Crippen LogP contribution in [-0.2, 0) is 4.79 Å². The molecule has 0 radical (unpaired) electrons. The molecule has 8 heteroatoms. The van der Waals surface area contributed by atoms with Crippen molar-refractivity contribution in [1.29, 1.82) is 0 Å². The molecule has 0 aliphatic carbocycles. The SMILES string of the molecule is CCNc1nnc(S[C@@H](C)C(=O)Nc2cccc(C(C)=O)c2)s1. The number of hydrogen-bond donors (Lipinski definition) is 2. The van der Waals surface area contributed by atoms with Gasteiger partial charge in [0.25, 0.3) is 0 Å². The van der Waals surface area contributed by atoms with Crippen LogP contribution in [0.3, 0.4) is 0 Å². The summed E-state index contributed by atoms with van der Waals surface area (Å²) in [5.74, 6) is -0.177. The molecule has 0 aliphatic heterocycles. The monoisotopic (exact) mass is 350 g/mol. The minimum atomic E-state index is -0.321. The molecular weight excluding hydrogens is 332 g/mol. The number of nitrogens with zero attached hydrogens (tertiary/aromatic N) is 2. The van der Waals surface area contributed by atoms with Gasteiger partial charge in [0.05, 0.1) is 5.25 Å². The third-order valence-corrected chi connectivity index (χ3v) is 4.98. The molecule has 2 N–H and O–H groups in total. The van der Waals surface area contributed by atoms with E-state index in [0.717, 1.165) is 16.0 Å². The lowest BCUT2D eigenvalue weighted by Crippen LogP contribution is -2.22. The van der Waals surface area contributed by atoms with Crippen molar-refractivity contribution in [2.75, 3.05) is 17.2 Å². The van der Waals surface area contributed by atoms with Crippen LogP contribution in [0.5, 0.6) is 0 Å². The topological polar surface area (TPSA) is 84.0 Å². The van der Waals surface area contributed by atoms with Gasteiger partial charge in [-0.2, -0.15) is 0 Å². The highest BCUT2D eigenvalue weighted by Crippen LogP contribution is 2.29. The van der Waals surface area contributed by atoms with Crippen molar-refractivity contribution in [2.24, 2.45) is 0 Å². The van der Waals surface area contributed by atoms with Crippen LogP contribution in [0.4, 0.5) is 10.8 Å². The fourth-order valence-electron chi connectivity index (χ4n) is 1.74. The Bertz CT molecular complexity index is 702. The Balaban J connectivity index is 1.96. The van der Waals surface area contributed by atoms with Gasteiger partial charge in [-0.05, 0) is 32.9 Å². The van der Waals surface area contributed by atoms with Gasteiger partial charge in [-0.15, -0.1) is 10.2 Å². The van der Waals surface area contributed by atoms with E-state index in [1.807, 2.05) is 13.8 Å². The number of ketones is 1. The molecule has 0 saturated carbocycles. The summed E-state index contributed by atoms with van der Waals surface area (Å²) >= 11 is 2.77. The van der Waals surface area contributed by atoms with Crippen LogP contribution in [0, 0.1) is 0 Å². The third-order valence-electron chi connectivity index (χ3n) is 2.92. The van der Waals surface area contributed by atoms with Crippen LogP contribution in [0.25, 0.3) is 0 Å². The summed E-state index contributed by atoms with van der Waals surface area (Å²) in [4.78, 5) is 23.6. The van der Waals surface area contributed by atoms with Crippen LogP contribution in [0.1, 0.15) is 31.1 Å². The molecule has 0 spiro atoms. The molecule has 23 heavy (non-hydrogen) atoms. The van der Waals surface area contributed by atoms with Crippen molar-refractivity contribution in [3.05, 3.63) is 29.8 Å². The number of anilines is 2. The quantitative estimate of drug-likeness (QED) is 0.589. The molecule has 2 rings (SSSR count). The summed E-state index contributed by atoms with van der Waals surface area (Å²) in [5.41, 5.74) is 1.18. The van der Waals surface area contributed by atoms with E-state index in [9.17, 15) is 9.59 Å². The Morgan fingerprint density at radius 1 is 1.35 bits per heavy atom. The summed E-state index contributed by atoms with van der Waals surface area (Å²) < 4.78 is 0.737. The second-order valence-corrected chi connectivity index (χ2v) is 7.36. The van der Waals surface area contributed by atoms with Crippen molar-refractivity contribution in [1.82, 2.24) is 10.2 Å². The lowest BCUT2D eigenvalue weighted by Gasteiger charge is -2.10. The number of carbonyl (C=O) groups is 2. The predicted octanol–water partition coefficient (Wildman–Crippen LogP) is 3.29. The first-order chi connectivity index (χ1) is 11.0. The Hall–Kier alpha value is -1.93. The Morgan fingerprint density at radius 3 is 2.83 bits per heavy atom. The standard InChI is InChI=1S/C15H18N4O2S2/c1-4-16-14-18-19-15(23-14)22-10(3)13(21)17-12-7-5-6-11(8-12)9(2)20/h5-8,10H,4H2,1-3H3,(H,16,18)(H,17,21)/t10-/m0/s1. The summed E-state index contributed by atoms with van der Waals surface area (Å²) in [7, 11) is 0. The van der Waals surface area contributed by atoms with Gasteiger partial charge in [0.2, 0.25) is 11.0 Å². The first-order valence-electron chi connectivity index (χ1n) is 7.15. The second kappa shape index (κ2) is 8.07. The number of amides is 1. The van der Waals surface area contributed by atoms with Crippen molar-refractivity contribution in [2.45, 2.75) is 30.4 Å². The lowest BCUT2D eigenvalue weighted by atomic mass is 10.1. The number of hydrogen-bond acceptors (Lipinski definition) is 7. The van der Waals surface area contributed by atoms with Crippen LogP contribution < -0.4 is 10.6 Å².